The number of hydrogen-bond donors (Lipinski definition) is 0. The van der Waals surface area contributed by atoms with Gasteiger partial charge in [-0.05, 0) is 44.4 Å². The minimum atomic E-state index is 0.674. The van der Waals surface area contributed by atoms with Crippen molar-refractivity contribution in [2.75, 3.05) is 19.6 Å². The van der Waals surface area contributed by atoms with Gasteiger partial charge in [0.1, 0.15) is 0 Å². The molecule has 3 aliphatic rings. The minimum absolute atomic E-state index is 0.674. The first kappa shape index (κ1) is 12.9. The Morgan fingerprint density at radius 1 is 1.22 bits per heavy atom. The fraction of sp³-hybridized carbons (Fsp3) is 0.750. The summed E-state index contributed by atoms with van der Waals surface area (Å²) in [4.78, 5) is 2.72. The molecule has 1 saturated heterocycles. The molecule has 0 N–H and O–H groups in total. The Balaban J connectivity index is 1.54. The van der Waals surface area contributed by atoms with Crippen molar-refractivity contribution in [2.24, 2.45) is 11.8 Å². The molecule has 2 heteroatoms. The third-order valence-corrected chi connectivity index (χ3v) is 5.76. The maximum absolute atomic E-state index is 3.08. The summed E-state index contributed by atoms with van der Waals surface area (Å²) < 4.78 is 0. The Morgan fingerprint density at radius 2 is 1.94 bits per heavy atom. The Morgan fingerprint density at radius 3 is 2.56 bits per heavy atom. The van der Waals surface area contributed by atoms with Crippen LogP contribution in [0.15, 0.2) is 23.3 Å². The molecule has 4 unspecified atom stereocenters. The Kier molecular flexibility index (Phi) is 3.91. The fourth-order valence-corrected chi connectivity index (χ4v) is 4.52. The van der Waals surface area contributed by atoms with Gasteiger partial charge >= 0.3 is 0 Å². The normalized spacial score (nSPS) is 34.1. The number of fused-ring (bicyclic) bond motifs is 1. The fourth-order valence-electron chi connectivity index (χ4n) is 3.94. The summed E-state index contributed by atoms with van der Waals surface area (Å²) in [6, 6.07) is 0. The summed E-state index contributed by atoms with van der Waals surface area (Å²) in [7, 11) is 3.08. The molecule has 1 aliphatic heterocycles. The van der Waals surface area contributed by atoms with Crippen molar-refractivity contribution in [3.05, 3.63) is 23.3 Å². The van der Waals surface area contributed by atoms with Gasteiger partial charge in [0.2, 0.25) is 0 Å². The summed E-state index contributed by atoms with van der Waals surface area (Å²) >= 11 is 0. The molecule has 0 amide bonds. The van der Waals surface area contributed by atoms with Crippen LogP contribution in [0.4, 0.5) is 0 Å². The van der Waals surface area contributed by atoms with Gasteiger partial charge in [0.25, 0.3) is 0 Å². The number of allylic oxidation sites excluding steroid dienone is 3. The summed E-state index contributed by atoms with van der Waals surface area (Å²) in [6.07, 6.45) is 11.7. The molecular weight excluding hydrogens is 237 g/mol. The quantitative estimate of drug-likeness (QED) is 0.703. The molecule has 4 atom stereocenters. The first-order valence-electron chi connectivity index (χ1n) is 7.56. The molecule has 18 heavy (non-hydrogen) atoms. The smallest absolute Gasteiger partial charge is 0.00820 e. The van der Waals surface area contributed by atoms with E-state index in [1.165, 1.54) is 57.3 Å². The lowest BCUT2D eigenvalue weighted by Gasteiger charge is -2.25. The number of nitrogens with zero attached hydrogens (tertiary/aromatic N) is 1. The molecule has 2 fully saturated rings. The lowest BCUT2D eigenvalue weighted by molar-refractivity contribution is 0.317. The molecule has 100 valence electrons. The summed E-state index contributed by atoms with van der Waals surface area (Å²) in [6.45, 7) is 6.25. The predicted molar refractivity (Wildman–Crippen MR) is 81.8 cm³/mol. The Bertz CT molecular complexity index is 359. The number of rotatable bonds is 3. The van der Waals surface area contributed by atoms with Crippen molar-refractivity contribution in [3.8, 4) is 0 Å². The van der Waals surface area contributed by atoms with Crippen LogP contribution in [0.5, 0.6) is 0 Å². The van der Waals surface area contributed by atoms with Crippen molar-refractivity contribution >= 4 is 9.24 Å². The van der Waals surface area contributed by atoms with E-state index in [-0.39, 0.29) is 0 Å². The number of hydrogen-bond acceptors (Lipinski definition) is 1. The van der Waals surface area contributed by atoms with Gasteiger partial charge < -0.3 is 4.90 Å². The van der Waals surface area contributed by atoms with Crippen LogP contribution < -0.4 is 0 Å². The maximum atomic E-state index is 3.08. The Hall–Kier alpha value is -0.130. The van der Waals surface area contributed by atoms with E-state index in [1.807, 2.05) is 0 Å². The van der Waals surface area contributed by atoms with Gasteiger partial charge in [0.05, 0.1) is 0 Å². The van der Waals surface area contributed by atoms with Gasteiger partial charge in [-0.1, -0.05) is 29.7 Å². The average molecular weight is 263 g/mol. The zero-order valence-electron chi connectivity index (χ0n) is 11.6. The third kappa shape index (κ3) is 2.73. The van der Waals surface area contributed by atoms with Gasteiger partial charge in [-0.3, -0.25) is 0 Å². The minimum Gasteiger partial charge on any atom is -0.302 e. The van der Waals surface area contributed by atoms with Crippen molar-refractivity contribution in [1.29, 1.82) is 0 Å². The lowest BCUT2D eigenvalue weighted by Crippen LogP contribution is -2.29. The molecule has 0 aromatic rings. The monoisotopic (exact) mass is 263 g/mol. The van der Waals surface area contributed by atoms with Crippen LogP contribution in [0.1, 0.15) is 39.0 Å². The van der Waals surface area contributed by atoms with Crippen LogP contribution in [0.25, 0.3) is 0 Å². The second-order valence-corrected chi connectivity index (χ2v) is 7.34. The van der Waals surface area contributed by atoms with Gasteiger partial charge in [0.15, 0.2) is 0 Å². The van der Waals surface area contributed by atoms with Gasteiger partial charge in [-0.2, -0.15) is 0 Å². The average Bonchev–Trinajstić information content (AvgIpc) is 2.90. The zero-order valence-corrected chi connectivity index (χ0v) is 12.7. The molecular formula is C16H26NP. The van der Waals surface area contributed by atoms with Crippen LogP contribution in [0, 0.1) is 11.8 Å². The molecule has 1 heterocycles. The second-order valence-electron chi connectivity index (χ2n) is 6.53. The molecule has 0 aromatic heterocycles. The van der Waals surface area contributed by atoms with Crippen LogP contribution in [-0.4, -0.2) is 30.2 Å². The van der Waals surface area contributed by atoms with Crippen LogP contribution in [0.3, 0.4) is 0 Å². The van der Waals surface area contributed by atoms with Crippen LogP contribution in [0.2, 0.25) is 0 Å². The molecule has 0 spiro atoms. The van der Waals surface area contributed by atoms with Gasteiger partial charge in [-0.15, -0.1) is 9.24 Å². The lowest BCUT2D eigenvalue weighted by atomic mass is 9.97. The Labute approximate surface area is 114 Å². The predicted octanol–water partition coefficient (Wildman–Crippen LogP) is 3.63. The number of likely N-dealkylation sites (tertiary alicyclic amines) is 1. The molecule has 1 nitrogen and oxygen atoms in total. The zero-order chi connectivity index (χ0) is 12.5. The van der Waals surface area contributed by atoms with E-state index < -0.39 is 0 Å². The summed E-state index contributed by atoms with van der Waals surface area (Å²) in [5.74, 6) is 2.06. The van der Waals surface area contributed by atoms with Crippen LogP contribution >= 0.6 is 9.24 Å². The topological polar surface area (TPSA) is 3.24 Å². The van der Waals surface area contributed by atoms with E-state index in [4.69, 9.17) is 0 Å². The molecule has 0 radical (unpaired) electrons. The summed E-state index contributed by atoms with van der Waals surface area (Å²) in [5, 5.41) is 0. The van der Waals surface area contributed by atoms with E-state index in [0.717, 1.165) is 11.8 Å². The third-order valence-electron chi connectivity index (χ3n) is 5.12. The van der Waals surface area contributed by atoms with Gasteiger partial charge in [-0.25, -0.2) is 0 Å². The second kappa shape index (κ2) is 5.47. The van der Waals surface area contributed by atoms with Gasteiger partial charge in [0, 0.05) is 25.3 Å². The van der Waals surface area contributed by atoms with Crippen molar-refractivity contribution in [2.45, 2.75) is 44.7 Å². The van der Waals surface area contributed by atoms with Crippen molar-refractivity contribution in [3.63, 3.8) is 0 Å². The first-order chi connectivity index (χ1) is 8.72. The largest absolute Gasteiger partial charge is 0.302 e. The molecule has 0 aromatic carbocycles. The highest BCUT2D eigenvalue weighted by atomic mass is 31.0. The maximum Gasteiger partial charge on any atom is 0.00820 e. The van der Waals surface area contributed by atoms with E-state index >= 15 is 0 Å². The molecule has 0 bridgehead atoms. The summed E-state index contributed by atoms with van der Waals surface area (Å²) in [5.41, 5.74) is 3.85. The van der Waals surface area contributed by atoms with Crippen molar-refractivity contribution in [1.82, 2.24) is 4.90 Å². The molecule has 2 aliphatic carbocycles. The van der Waals surface area contributed by atoms with E-state index in [0.29, 0.717) is 5.66 Å². The SMILES string of the molecule is CC1=CC=C(C(P)CN2CC3CCCC3C2)CC1. The van der Waals surface area contributed by atoms with E-state index in [9.17, 15) is 0 Å². The van der Waals surface area contributed by atoms with E-state index in [2.05, 4.69) is 33.2 Å². The highest BCUT2D eigenvalue weighted by Crippen LogP contribution is 2.38. The first-order valence-corrected chi connectivity index (χ1v) is 8.23. The van der Waals surface area contributed by atoms with Crippen LogP contribution in [-0.2, 0) is 0 Å². The molecule has 1 saturated carbocycles. The molecule has 3 rings (SSSR count). The highest BCUT2D eigenvalue weighted by Gasteiger charge is 2.36. The standard InChI is InChI=1S/C16H26NP/c1-12-5-7-13(8-6-12)16(18)11-17-9-14-3-2-4-15(14)10-17/h5,7,14-16H,2-4,6,8-11,18H2,1H3. The highest BCUT2D eigenvalue weighted by molar-refractivity contribution is 7.18. The van der Waals surface area contributed by atoms with Crippen molar-refractivity contribution < 1.29 is 0 Å². The van der Waals surface area contributed by atoms with E-state index in [1.54, 1.807) is 5.57 Å².